The molecule has 0 saturated heterocycles. The fraction of sp³-hybridized carbons (Fsp3) is 0. The minimum absolute atomic E-state index is 0.485. The van der Waals surface area contributed by atoms with Gasteiger partial charge in [-0.2, -0.15) is 5.10 Å². The summed E-state index contributed by atoms with van der Waals surface area (Å²) in [4.78, 5) is 7.72. The van der Waals surface area contributed by atoms with Crippen LogP contribution in [0.25, 0.3) is 33.8 Å². The van der Waals surface area contributed by atoms with Crippen LogP contribution >= 0.6 is 23.2 Å². The molecule has 0 aliphatic rings. The Hall–Kier alpha value is -2.30. The van der Waals surface area contributed by atoms with E-state index in [0.29, 0.717) is 15.9 Å². The topological polar surface area (TPSA) is 57.4 Å². The number of aromatic nitrogens is 4. The van der Waals surface area contributed by atoms with Gasteiger partial charge in [-0.05, 0) is 23.8 Å². The average molecular weight is 329 g/mol. The Morgan fingerprint density at radius 3 is 2.50 bits per heavy atom. The summed E-state index contributed by atoms with van der Waals surface area (Å²) in [6.07, 6.45) is 0. The Morgan fingerprint density at radius 1 is 0.909 bits per heavy atom. The van der Waals surface area contributed by atoms with Crippen molar-refractivity contribution in [2.75, 3.05) is 0 Å². The number of halogens is 2. The number of imidazole rings is 1. The second-order valence-corrected chi connectivity index (χ2v) is 5.72. The zero-order valence-corrected chi connectivity index (χ0v) is 12.8. The summed E-state index contributed by atoms with van der Waals surface area (Å²) < 4.78 is 0. The lowest BCUT2D eigenvalue weighted by Crippen LogP contribution is -1.79. The molecule has 22 heavy (non-hydrogen) atoms. The van der Waals surface area contributed by atoms with Crippen molar-refractivity contribution >= 4 is 34.2 Å². The lowest BCUT2D eigenvalue weighted by molar-refractivity contribution is 1.09. The number of fused-ring (bicyclic) bond motifs is 1. The van der Waals surface area contributed by atoms with E-state index in [2.05, 4.69) is 20.2 Å². The van der Waals surface area contributed by atoms with Crippen molar-refractivity contribution in [3.8, 4) is 22.8 Å². The van der Waals surface area contributed by atoms with Gasteiger partial charge < -0.3 is 4.98 Å². The van der Waals surface area contributed by atoms with Crippen LogP contribution in [0.15, 0.2) is 48.5 Å². The average Bonchev–Trinajstić information content (AvgIpc) is 3.15. The van der Waals surface area contributed by atoms with Gasteiger partial charge in [0.05, 0.1) is 26.8 Å². The summed E-state index contributed by atoms with van der Waals surface area (Å²) >= 11 is 12.0. The molecule has 0 atom stereocenters. The lowest BCUT2D eigenvalue weighted by atomic mass is 10.1. The summed E-state index contributed by atoms with van der Waals surface area (Å²) in [7, 11) is 0. The molecule has 108 valence electrons. The van der Waals surface area contributed by atoms with Crippen LogP contribution in [0.3, 0.4) is 0 Å². The first-order chi connectivity index (χ1) is 10.7. The van der Waals surface area contributed by atoms with Crippen LogP contribution in [0.2, 0.25) is 10.0 Å². The zero-order valence-electron chi connectivity index (χ0n) is 11.3. The van der Waals surface area contributed by atoms with Crippen molar-refractivity contribution in [1.29, 1.82) is 0 Å². The Morgan fingerprint density at radius 2 is 1.68 bits per heavy atom. The van der Waals surface area contributed by atoms with Crippen molar-refractivity contribution in [2.24, 2.45) is 0 Å². The summed E-state index contributed by atoms with van der Waals surface area (Å²) in [5.41, 5.74) is 4.33. The fourth-order valence-electron chi connectivity index (χ4n) is 2.33. The van der Waals surface area contributed by atoms with Crippen LogP contribution in [0.4, 0.5) is 0 Å². The van der Waals surface area contributed by atoms with Gasteiger partial charge in [-0.15, -0.1) is 0 Å². The quantitative estimate of drug-likeness (QED) is 0.548. The van der Waals surface area contributed by atoms with E-state index in [-0.39, 0.29) is 0 Å². The van der Waals surface area contributed by atoms with Crippen molar-refractivity contribution in [2.45, 2.75) is 0 Å². The minimum atomic E-state index is 0.485. The van der Waals surface area contributed by atoms with Crippen LogP contribution in [-0.2, 0) is 0 Å². The summed E-state index contributed by atoms with van der Waals surface area (Å²) in [6, 6.07) is 15.5. The van der Waals surface area contributed by atoms with Crippen molar-refractivity contribution < 1.29 is 0 Å². The van der Waals surface area contributed by atoms with Crippen molar-refractivity contribution in [1.82, 2.24) is 20.2 Å². The van der Waals surface area contributed by atoms with Gasteiger partial charge in [-0.1, -0.05) is 53.5 Å². The Balaban J connectivity index is 1.78. The first-order valence-corrected chi connectivity index (χ1v) is 7.42. The van der Waals surface area contributed by atoms with Gasteiger partial charge in [0.1, 0.15) is 5.69 Å². The zero-order chi connectivity index (χ0) is 15.1. The molecule has 0 radical (unpaired) electrons. The third kappa shape index (κ3) is 2.26. The smallest absolute Gasteiger partial charge is 0.159 e. The van der Waals surface area contributed by atoms with E-state index < -0.39 is 0 Å². The molecular weight excluding hydrogens is 319 g/mol. The predicted molar refractivity (Wildman–Crippen MR) is 89.1 cm³/mol. The Labute approximate surface area is 136 Å². The van der Waals surface area contributed by atoms with Crippen LogP contribution in [0.1, 0.15) is 0 Å². The molecule has 0 aliphatic carbocycles. The summed E-state index contributed by atoms with van der Waals surface area (Å²) in [6.45, 7) is 0. The number of hydrogen-bond acceptors (Lipinski definition) is 2. The van der Waals surface area contributed by atoms with Crippen LogP contribution in [-0.4, -0.2) is 20.2 Å². The normalized spacial score (nSPS) is 11.2. The van der Waals surface area contributed by atoms with Gasteiger partial charge in [0.2, 0.25) is 0 Å². The standard InChI is InChI=1S/C16H10Cl2N4/c17-10-6-13-14(7-11(10)18)20-16(19-13)15-8-12(21-22-15)9-4-2-1-3-5-9/h1-8H,(H,19,20)(H,21,22). The molecular formula is C16H10Cl2N4. The molecule has 0 fully saturated rings. The highest BCUT2D eigenvalue weighted by molar-refractivity contribution is 6.42. The molecule has 0 saturated carbocycles. The van der Waals surface area contributed by atoms with E-state index in [0.717, 1.165) is 28.0 Å². The van der Waals surface area contributed by atoms with Crippen LogP contribution < -0.4 is 0 Å². The molecule has 2 aromatic heterocycles. The monoisotopic (exact) mass is 328 g/mol. The third-order valence-electron chi connectivity index (χ3n) is 3.43. The molecule has 6 heteroatoms. The highest BCUT2D eigenvalue weighted by Gasteiger charge is 2.11. The van der Waals surface area contributed by atoms with Gasteiger partial charge in [-0.25, -0.2) is 4.98 Å². The maximum absolute atomic E-state index is 6.03. The molecule has 0 aliphatic heterocycles. The molecule has 2 N–H and O–H groups in total. The van der Waals surface area contributed by atoms with Gasteiger partial charge in [-0.3, -0.25) is 5.10 Å². The van der Waals surface area contributed by atoms with Crippen molar-refractivity contribution in [3.05, 3.63) is 58.6 Å². The van der Waals surface area contributed by atoms with Crippen molar-refractivity contribution in [3.63, 3.8) is 0 Å². The summed E-state index contributed by atoms with van der Waals surface area (Å²) in [5.74, 6) is 0.673. The molecule has 0 unspecified atom stereocenters. The number of rotatable bonds is 2. The highest BCUT2D eigenvalue weighted by Crippen LogP contribution is 2.29. The maximum atomic E-state index is 6.03. The second kappa shape index (κ2) is 5.16. The van der Waals surface area contributed by atoms with Crippen LogP contribution in [0.5, 0.6) is 0 Å². The largest absolute Gasteiger partial charge is 0.337 e. The van der Waals surface area contributed by atoms with E-state index in [1.54, 1.807) is 12.1 Å². The number of nitrogens with zero attached hydrogens (tertiary/aromatic N) is 2. The number of hydrogen-bond donors (Lipinski definition) is 2. The van der Waals surface area contributed by atoms with E-state index in [1.807, 2.05) is 36.4 Å². The third-order valence-corrected chi connectivity index (χ3v) is 4.15. The predicted octanol–water partition coefficient (Wildman–Crippen LogP) is 4.93. The van der Waals surface area contributed by atoms with Gasteiger partial charge in [0.15, 0.2) is 5.82 Å². The van der Waals surface area contributed by atoms with Gasteiger partial charge >= 0.3 is 0 Å². The number of H-pyrrole nitrogens is 2. The van der Waals surface area contributed by atoms with E-state index in [4.69, 9.17) is 23.2 Å². The van der Waals surface area contributed by atoms with E-state index in [9.17, 15) is 0 Å². The van der Waals surface area contributed by atoms with Crippen LogP contribution in [0, 0.1) is 0 Å². The molecule has 4 aromatic rings. The fourth-order valence-corrected chi connectivity index (χ4v) is 2.66. The molecule has 2 heterocycles. The molecule has 4 nitrogen and oxygen atoms in total. The highest BCUT2D eigenvalue weighted by atomic mass is 35.5. The van der Waals surface area contributed by atoms with E-state index >= 15 is 0 Å². The molecule has 0 bridgehead atoms. The maximum Gasteiger partial charge on any atom is 0.159 e. The molecule has 0 amide bonds. The minimum Gasteiger partial charge on any atom is -0.337 e. The molecule has 4 rings (SSSR count). The van der Waals surface area contributed by atoms with E-state index in [1.165, 1.54) is 0 Å². The number of aromatic amines is 2. The summed E-state index contributed by atoms with van der Waals surface area (Å²) in [5, 5.41) is 8.33. The second-order valence-electron chi connectivity index (χ2n) is 4.90. The first kappa shape index (κ1) is 13.4. The number of nitrogens with one attached hydrogen (secondary N) is 2. The SMILES string of the molecule is Clc1cc2nc(-c3cc(-c4ccccc4)[nH]n3)[nH]c2cc1Cl. The van der Waals surface area contributed by atoms with Gasteiger partial charge in [0.25, 0.3) is 0 Å². The first-order valence-electron chi connectivity index (χ1n) is 6.67. The number of benzene rings is 2. The Kier molecular flexibility index (Phi) is 3.13. The van der Waals surface area contributed by atoms with Gasteiger partial charge in [0, 0.05) is 0 Å². The molecule has 2 aromatic carbocycles. The lowest BCUT2D eigenvalue weighted by Gasteiger charge is -1.93. The molecule has 0 spiro atoms. The Bertz CT molecular complexity index is 918.